The third-order valence-corrected chi connectivity index (χ3v) is 3.82. The molecule has 20 heavy (non-hydrogen) atoms. The Hall–Kier alpha value is -2.33. The number of rotatable bonds is 2. The fourth-order valence-corrected chi connectivity index (χ4v) is 2.70. The number of benzene rings is 2. The molecular formula is C16H17N3O. The lowest BCUT2D eigenvalue weighted by Gasteiger charge is -2.33. The van der Waals surface area contributed by atoms with E-state index in [0.717, 1.165) is 11.1 Å². The summed E-state index contributed by atoms with van der Waals surface area (Å²) < 4.78 is 0. The standard InChI is InChI=1S/C16H17N3O/c1-19-14(20)16(18-15(19)17,12-8-4-2-5-9-12)13-10-6-3-7-11-13/h2-11,14,20H,1H3,(H2,17,18). The lowest BCUT2D eigenvalue weighted by molar-refractivity contribution is 0.0311. The highest BCUT2D eigenvalue weighted by molar-refractivity contribution is 5.82. The number of nitrogens with zero attached hydrogens (tertiary/aromatic N) is 2. The van der Waals surface area contributed by atoms with E-state index in [1.807, 2.05) is 60.7 Å². The van der Waals surface area contributed by atoms with Crippen LogP contribution in [0.1, 0.15) is 11.1 Å². The molecule has 0 aliphatic carbocycles. The molecule has 3 rings (SSSR count). The largest absolute Gasteiger partial charge is 0.370 e. The number of nitrogens with two attached hydrogens (primary N) is 1. The summed E-state index contributed by atoms with van der Waals surface area (Å²) in [7, 11) is 1.75. The van der Waals surface area contributed by atoms with Crippen molar-refractivity contribution in [2.24, 2.45) is 10.7 Å². The van der Waals surface area contributed by atoms with Crippen LogP contribution in [0.15, 0.2) is 65.7 Å². The highest BCUT2D eigenvalue weighted by Crippen LogP contribution is 2.41. The molecule has 0 spiro atoms. The summed E-state index contributed by atoms with van der Waals surface area (Å²) in [6.45, 7) is 0. The molecule has 1 atom stereocenters. The van der Waals surface area contributed by atoms with Gasteiger partial charge in [-0.15, -0.1) is 0 Å². The number of hydrogen-bond acceptors (Lipinski definition) is 4. The molecule has 0 saturated heterocycles. The summed E-state index contributed by atoms with van der Waals surface area (Å²) in [5.74, 6) is 0.338. The molecule has 4 nitrogen and oxygen atoms in total. The summed E-state index contributed by atoms with van der Waals surface area (Å²) in [6, 6.07) is 19.5. The van der Waals surface area contributed by atoms with Crippen LogP contribution in [0.4, 0.5) is 0 Å². The van der Waals surface area contributed by atoms with Crippen LogP contribution in [0.3, 0.4) is 0 Å². The molecule has 1 heterocycles. The molecular weight excluding hydrogens is 250 g/mol. The molecule has 1 unspecified atom stereocenters. The van der Waals surface area contributed by atoms with Crippen molar-refractivity contribution in [3.8, 4) is 0 Å². The van der Waals surface area contributed by atoms with Gasteiger partial charge < -0.3 is 15.7 Å². The maximum absolute atomic E-state index is 10.7. The Morgan fingerprint density at radius 2 is 1.45 bits per heavy atom. The third kappa shape index (κ3) is 1.69. The monoisotopic (exact) mass is 267 g/mol. The highest BCUT2D eigenvalue weighted by Gasteiger charge is 2.48. The van der Waals surface area contributed by atoms with Crippen molar-refractivity contribution in [3.05, 3.63) is 71.8 Å². The predicted octanol–water partition coefficient (Wildman–Crippen LogP) is 1.51. The van der Waals surface area contributed by atoms with Gasteiger partial charge in [0, 0.05) is 7.05 Å². The Kier molecular flexibility index (Phi) is 2.95. The number of aliphatic hydroxyl groups is 1. The van der Waals surface area contributed by atoms with Gasteiger partial charge in [-0.2, -0.15) is 0 Å². The van der Waals surface area contributed by atoms with Crippen LogP contribution in [0.5, 0.6) is 0 Å². The molecule has 0 bridgehead atoms. The highest BCUT2D eigenvalue weighted by atomic mass is 16.3. The van der Waals surface area contributed by atoms with Gasteiger partial charge in [0.05, 0.1) is 0 Å². The van der Waals surface area contributed by atoms with E-state index in [9.17, 15) is 5.11 Å². The maximum Gasteiger partial charge on any atom is 0.194 e. The number of hydrogen-bond donors (Lipinski definition) is 2. The molecule has 4 heteroatoms. The Bertz CT molecular complexity index is 585. The van der Waals surface area contributed by atoms with Crippen molar-refractivity contribution in [1.29, 1.82) is 0 Å². The van der Waals surface area contributed by atoms with Crippen LogP contribution in [-0.2, 0) is 5.54 Å². The predicted molar refractivity (Wildman–Crippen MR) is 79.1 cm³/mol. The van der Waals surface area contributed by atoms with Crippen molar-refractivity contribution >= 4 is 5.96 Å². The van der Waals surface area contributed by atoms with Gasteiger partial charge in [0.25, 0.3) is 0 Å². The zero-order valence-corrected chi connectivity index (χ0v) is 11.3. The molecule has 1 aliphatic rings. The van der Waals surface area contributed by atoms with E-state index in [4.69, 9.17) is 5.73 Å². The number of aliphatic imine (C=N–C) groups is 1. The summed E-state index contributed by atoms with van der Waals surface area (Å²) in [6.07, 6.45) is -0.827. The van der Waals surface area contributed by atoms with E-state index in [-0.39, 0.29) is 0 Å². The first kappa shape index (κ1) is 12.7. The molecule has 1 aliphatic heterocycles. The van der Waals surface area contributed by atoms with Crippen LogP contribution in [0.25, 0.3) is 0 Å². The smallest absolute Gasteiger partial charge is 0.194 e. The summed E-state index contributed by atoms with van der Waals surface area (Å²) in [4.78, 5) is 6.19. The van der Waals surface area contributed by atoms with E-state index in [1.54, 1.807) is 11.9 Å². The zero-order valence-electron chi connectivity index (χ0n) is 11.3. The first-order valence-electron chi connectivity index (χ1n) is 6.53. The van der Waals surface area contributed by atoms with Crippen LogP contribution in [0.2, 0.25) is 0 Å². The van der Waals surface area contributed by atoms with Gasteiger partial charge >= 0.3 is 0 Å². The number of guanidine groups is 1. The molecule has 102 valence electrons. The molecule has 0 aromatic heterocycles. The van der Waals surface area contributed by atoms with Gasteiger partial charge in [-0.1, -0.05) is 60.7 Å². The average Bonchev–Trinajstić information content (AvgIpc) is 2.74. The van der Waals surface area contributed by atoms with E-state index in [2.05, 4.69) is 4.99 Å². The van der Waals surface area contributed by atoms with Gasteiger partial charge in [-0.05, 0) is 11.1 Å². The Labute approximate surface area is 118 Å². The van der Waals surface area contributed by atoms with Crippen molar-refractivity contribution in [2.75, 3.05) is 7.05 Å². The minimum atomic E-state index is -0.874. The van der Waals surface area contributed by atoms with E-state index < -0.39 is 11.8 Å². The van der Waals surface area contributed by atoms with Crippen LogP contribution >= 0.6 is 0 Å². The van der Waals surface area contributed by atoms with Crippen LogP contribution < -0.4 is 5.73 Å². The topological polar surface area (TPSA) is 61.8 Å². The Morgan fingerprint density at radius 3 is 1.80 bits per heavy atom. The second kappa shape index (κ2) is 4.65. The lowest BCUT2D eigenvalue weighted by atomic mass is 9.82. The van der Waals surface area contributed by atoms with Gasteiger partial charge in [-0.25, -0.2) is 4.99 Å². The van der Waals surface area contributed by atoms with Gasteiger partial charge in [-0.3, -0.25) is 0 Å². The van der Waals surface area contributed by atoms with E-state index >= 15 is 0 Å². The average molecular weight is 267 g/mol. The number of aliphatic hydroxyl groups excluding tert-OH is 1. The Balaban J connectivity index is 2.25. The third-order valence-electron chi connectivity index (χ3n) is 3.82. The fourth-order valence-electron chi connectivity index (χ4n) is 2.70. The second-order valence-electron chi connectivity index (χ2n) is 4.95. The molecule has 0 fully saturated rings. The molecule has 3 N–H and O–H groups in total. The van der Waals surface area contributed by atoms with Crippen molar-refractivity contribution in [2.45, 2.75) is 11.8 Å². The van der Waals surface area contributed by atoms with E-state index in [0.29, 0.717) is 5.96 Å². The van der Waals surface area contributed by atoms with Gasteiger partial charge in [0.1, 0.15) is 0 Å². The van der Waals surface area contributed by atoms with Crippen molar-refractivity contribution < 1.29 is 5.11 Å². The van der Waals surface area contributed by atoms with E-state index in [1.165, 1.54) is 0 Å². The van der Waals surface area contributed by atoms with Crippen molar-refractivity contribution in [1.82, 2.24) is 4.90 Å². The second-order valence-corrected chi connectivity index (χ2v) is 4.95. The summed E-state index contributed by atoms with van der Waals surface area (Å²) in [5.41, 5.74) is 6.91. The van der Waals surface area contributed by atoms with Gasteiger partial charge in [0.15, 0.2) is 17.7 Å². The SMILES string of the molecule is CN1C(N)=NC(c2ccccc2)(c2ccccc2)C1O. The first-order chi connectivity index (χ1) is 9.66. The zero-order chi connectivity index (χ0) is 14.2. The van der Waals surface area contributed by atoms with Gasteiger partial charge in [0.2, 0.25) is 0 Å². The van der Waals surface area contributed by atoms with Crippen LogP contribution in [0, 0.1) is 0 Å². The first-order valence-corrected chi connectivity index (χ1v) is 6.53. The maximum atomic E-state index is 10.7. The lowest BCUT2D eigenvalue weighted by Crippen LogP contribution is -2.45. The molecule has 0 amide bonds. The quantitative estimate of drug-likeness (QED) is 0.867. The summed E-state index contributed by atoms with van der Waals surface area (Å²) in [5, 5.41) is 10.7. The van der Waals surface area contributed by atoms with Crippen molar-refractivity contribution in [3.63, 3.8) is 0 Å². The molecule has 2 aromatic carbocycles. The normalized spacial score (nSPS) is 20.8. The minimum absolute atomic E-state index is 0.338. The molecule has 0 radical (unpaired) electrons. The Morgan fingerprint density at radius 1 is 1.00 bits per heavy atom. The minimum Gasteiger partial charge on any atom is -0.370 e. The van der Waals surface area contributed by atoms with Crippen LogP contribution in [-0.4, -0.2) is 29.2 Å². The number of likely N-dealkylation sites (N-methyl/N-ethyl adjacent to an activating group) is 1. The fraction of sp³-hybridized carbons (Fsp3) is 0.188. The molecule has 0 saturated carbocycles. The summed E-state index contributed by atoms with van der Waals surface area (Å²) >= 11 is 0. The molecule has 2 aromatic rings.